The number of halogens is 3. The van der Waals surface area contributed by atoms with Gasteiger partial charge in [-0.15, -0.1) is 11.8 Å². The molecule has 0 aliphatic carbocycles. The number of carboxylic acid groups (broad SMARTS) is 1. The smallest absolute Gasteiger partial charge is 0.327 e. The molecular formula is C11H9F3N2O3S. The normalized spacial score (nSPS) is 18.1. The second-order valence-electron chi connectivity index (χ2n) is 4.00. The van der Waals surface area contributed by atoms with Gasteiger partial charge in [-0.05, 0) is 0 Å². The van der Waals surface area contributed by atoms with Crippen LogP contribution >= 0.6 is 11.8 Å². The molecule has 2 rings (SSSR count). The average Bonchev–Trinajstić information content (AvgIpc) is 2.85. The standard InChI is InChI=1S/C11H9F3N2O3S/c12-5-1-7(14)8(2-6(5)13)15-11(19)16-4-20-3-9(16)10(17)18/h1-2,9H,3-4H2,(H,15,19)(H,17,18). The molecule has 5 nitrogen and oxygen atoms in total. The van der Waals surface area contributed by atoms with Gasteiger partial charge in [-0.3, -0.25) is 0 Å². The monoisotopic (exact) mass is 306 g/mol. The Bertz CT molecular complexity index is 570. The number of carbonyl (C=O) groups is 2. The Morgan fingerprint density at radius 1 is 1.25 bits per heavy atom. The van der Waals surface area contributed by atoms with Gasteiger partial charge in [0.15, 0.2) is 11.6 Å². The van der Waals surface area contributed by atoms with E-state index in [-0.39, 0.29) is 11.6 Å². The number of urea groups is 1. The van der Waals surface area contributed by atoms with Crippen molar-refractivity contribution >= 4 is 29.4 Å². The van der Waals surface area contributed by atoms with Crippen LogP contribution in [0.15, 0.2) is 12.1 Å². The lowest BCUT2D eigenvalue weighted by Gasteiger charge is -2.21. The van der Waals surface area contributed by atoms with Crippen LogP contribution in [0, 0.1) is 17.5 Å². The van der Waals surface area contributed by atoms with Crippen molar-refractivity contribution in [3.05, 3.63) is 29.6 Å². The van der Waals surface area contributed by atoms with E-state index in [2.05, 4.69) is 0 Å². The lowest BCUT2D eigenvalue weighted by Crippen LogP contribution is -2.44. The van der Waals surface area contributed by atoms with Crippen LogP contribution in [0.2, 0.25) is 0 Å². The molecule has 1 atom stereocenters. The van der Waals surface area contributed by atoms with Crippen LogP contribution in [0.25, 0.3) is 0 Å². The number of carboxylic acids is 1. The molecule has 1 heterocycles. The SMILES string of the molecule is O=C(O)C1CSCN1C(=O)Nc1cc(F)c(F)cc1F. The molecule has 9 heteroatoms. The number of aliphatic carboxylic acids is 1. The Morgan fingerprint density at radius 2 is 1.90 bits per heavy atom. The van der Waals surface area contributed by atoms with Crippen LogP contribution in [0.5, 0.6) is 0 Å². The summed E-state index contributed by atoms with van der Waals surface area (Å²) >= 11 is 1.22. The van der Waals surface area contributed by atoms with E-state index < -0.39 is 41.2 Å². The molecule has 1 aromatic rings. The van der Waals surface area contributed by atoms with E-state index >= 15 is 0 Å². The quantitative estimate of drug-likeness (QED) is 0.821. The molecule has 0 saturated carbocycles. The lowest BCUT2D eigenvalue weighted by molar-refractivity contribution is -0.140. The molecule has 108 valence electrons. The number of thioether (sulfide) groups is 1. The maximum atomic E-state index is 13.4. The highest BCUT2D eigenvalue weighted by molar-refractivity contribution is 7.99. The Hall–Kier alpha value is -1.90. The van der Waals surface area contributed by atoms with Crippen LogP contribution in [-0.2, 0) is 4.79 Å². The highest BCUT2D eigenvalue weighted by Gasteiger charge is 2.34. The maximum absolute atomic E-state index is 13.4. The molecule has 0 spiro atoms. The molecule has 0 bridgehead atoms. The van der Waals surface area contributed by atoms with Crippen molar-refractivity contribution in [2.45, 2.75) is 6.04 Å². The molecule has 1 aliphatic rings. The van der Waals surface area contributed by atoms with E-state index in [0.717, 1.165) is 4.90 Å². The first-order chi connectivity index (χ1) is 9.40. The summed E-state index contributed by atoms with van der Waals surface area (Å²) < 4.78 is 39.1. The molecule has 2 amide bonds. The fourth-order valence-corrected chi connectivity index (χ4v) is 2.80. The lowest BCUT2D eigenvalue weighted by atomic mass is 10.2. The number of hydrogen-bond acceptors (Lipinski definition) is 3. The van der Waals surface area contributed by atoms with Gasteiger partial charge in [-0.2, -0.15) is 0 Å². The minimum Gasteiger partial charge on any atom is -0.480 e. The zero-order valence-corrected chi connectivity index (χ0v) is 10.7. The number of nitrogens with one attached hydrogen (secondary N) is 1. The van der Waals surface area contributed by atoms with Gasteiger partial charge in [0.2, 0.25) is 0 Å². The van der Waals surface area contributed by atoms with Gasteiger partial charge in [0.25, 0.3) is 0 Å². The summed E-state index contributed by atoms with van der Waals surface area (Å²) in [6.07, 6.45) is 0. The fraction of sp³-hybridized carbons (Fsp3) is 0.273. The third kappa shape index (κ3) is 2.82. The van der Waals surface area contributed by atoms with Gasteiger partial charge < -0.3 is 15.3 Å². The van der Waals surface area contributed by atoms with Crippen LogP contribution in [0.3, 0.4) is 0 Å². The number of amides is 2. The van der Waals surface area contributed by atoms with E-state index in [9.17, 15) is 22.8 Å². The second kappa shape index (κ2) is 5.61. The minimum atomic E-state index is -1.37. The summed E-state index contributed by atoms with van der Waals surface area (Å²) in [5.74, 6) is -4.68. The van der Waals surface area contributed by atoms with Crippen LogP contribution in [-0.4, -0.2) is 39.7 Å². The Labute approximate surface area is 115 Å². The summed E-state index contributed by atoms with van der Waals surface area (Å²) in [6.45, 7) is 0. The van der Waals surface area contributed by atoms with Gasteiger partial charge >= 0.3 is 12.0 Å². The van der Waals surface area contributed by atoms with Gasteiger partial charge in [0.1, 0.15) is 11.9 Å². The topological polar surface area (TPSA) is 69.6 Å². The Morgan fingerprint density at radius 3 is 2.55 bits per heavy atom. The molecule has 1 saturated heterocycles. The second-order valence-corrected chi connectivity index (χ2v) is 5.00. The fourth-order valence-electron chi connectivity index (χ4n) is 1.65. The van der Waals surface area contributed by atoms with E-state index in [1.807, 2.05) is 5.32 Å². The van der Waals surface area contributed by atoms with Crippen molar-refractivity contribution in [1.29, 1.82) is 0 Å². The number of rotatable bonds is 2. The Kier molecular flexibility index (Phi) is 4.07. The highest BCUT2D eigenvalue weighted by Crippen LogP contribution is 2.24. The summed E-state index contributed by atoms with van der Waals surface area (Å²) in [4.78, 5) is 23.7. The van der Waals surface area contributed by atoms with Crippen molar-refractivity contribution in [3.8, 4) is 0 Å². The van der Waals surface area contributed by atoms with Gasteiger partial charge in [-0.1, -0.05) is 0 Å². The number of hydrogen-bond donors (Lipinski definition) is 2. The van der Waals surface area contributed by atoms with Crippen molar-refractivity contribution < 1.29 is 27.9 Å². The third-order valence-corrected chi connectivity index (χ3v) is 3.69. The third-order valence-electron chi connectivity index (χ3n) is 2.68. The van der Waals surface area contributed by atoms with Gasteiger partial charge in [0, 0.05) is 17.9 Å². The molecular weight excluding hydrogens is 297 g/mol. The van der Waals surface area contributed by atoms with Crippen LogP contribution in [0.4, 0.5) is 23.7 Å². The van der Waals surface area contributed by atoms with E-state index in [0.29, 0.717) is 12.1 Å². The zero-order valence-electron chi connectivity index (χ0n) is 9.90. The van der Waals surface area contributed by atoms with Crippen LogP contribution in [0.1, 0.15) is 0 Å². The number of carbonyl (C=O) groups excluding carboxylic acids is 1. The average molecular weight is 306 g/mol. The van der Waals surface area contributed by atoms with E-state index in [4.69, 9.17) is 5.11 Å². The van der Waals surface area contributed by atoms with Gasteiger partial charge in [-0.25, -0.2) is 22.8 Å². The van der Waals surface area contributed by atoms with Gasteiger partial charge in [0.05, 0.1) is 11.6 Å². The summed E-state index contributed by atoms with van der Waals surface area (Å²) in [5, 5.41) is 10.9. The summed E-state index contributed by atoms with van der Waals surface area (Å²) in [6, 6.07) is -1.11. The van der Waals surface area contributed by atoms with E-state index in [1.54, 1.807) is 0 Å². The zero-order chi connectivity index (χ0) is 14.9. The maximum Gasteiger partial charge on any atom is 0.327 e. The summed E-state index contributed by atoms with van der Waals surface area (Å²) in [7, 11) is 0. The number of nitrogens with zero attached hydrogens (tertiary/aromatic N) is 1. The molecule has 1 aromatic carbocycles. The molecule has 20 heavy (non-hydrogen) atoms. The van der Waals surface area contributed by atoms with Crippen molar-refractivity contribution in [2.24, 2.45) is 0 Å². The van der Waals surface area contributed by atoms with Crippen molar-refractivity contribution in [3.63, 3.8) is 0 Å². The molecule has 1 aliphatic heterocycles. The number of anilines is 1. The number of benzene rings is 1. The molecule has 1 unspecified atom stereocenters. The molecule has 2 N–H and O–H groups in total. The van der Waals surface area contributed by atoms with E-state index in [1.165, 1.54) is 11.8 Å². The van der Waals surface area contributed by atoms with Crippen LogP contribution < -0.4 is 5.32 Å². The van der Waals surface area contributed by atoms with Crippen molar-refractivity contribution in [2.75, 3.05) is 16.9 Å². The van der Waals surface area contributed by atoms with Crippen molar-refractivity contribution in [1.82, 2.24) is 4.90 Å². The summed E-state index contributed by atoms with van der Waals surface area (Å²) in [5.41, 5.74) is -0.546. The highest BCUT2D eigenvalue weighted by atomic mass is 32.2. The molecule has 0 aromatic heterocycles. The molecule has 1 fully saturated rings. The predicted molar refractivity (Wildman–Crippen MR) is 65.9 cm³/mol. The molecule has 0 radical (unpaired) electrons. The first-order valence-electron chi connectivity index (χ1n) is 5.43. The minimum absolute atomic E-state index is 0.119. The predicted octanol–water partition coefficient (Wildman–Crippen LogP) is 2.10. The Balaban J connectivity index is 2.16. The first kappa shape index (κ1) is 14.5. The largest absolute Gasteiger partial charge is 0.480 e. The first-order valence-corrected chi connectivity index (χ1v) is 6.58.